The number of nitrogens with one attached hydrogen (secondary N) is 2. The normalized spacial score (nSPS) is 10.3. The molecule has 0 spiro atoms. The van der Waals surface area contributed by atoms with Gasteiger partial charge < -0.3 is 4.74 Å². The molecule has 30 heavy (non-hydrogen) atoms. The first kappa shape index (κ1) is 21.1. The number of aromatic nitrogens is 1. The van der Waals surface area contributed by atoms with Crippen molar-refractivity contribution in [3.63, 3.8) is 0 Å². The minimum atomic E-state index is -0.390. The SMILES string of the molecule is CCOc1ccc2nc(SCC(=O)NNC(=O)Cc3ccccc3)c(C#N)cc2c1. The van der Waals surface area contributed by atoms with Crippen molar-refractivity contribution in [3.05, 3.63) is 65.7 Å². The van der Waals surface area contributed by atoms with E-state index in [-0.39, 0.29) is 24.0 Å². The monoisotopic (exact) mass is 420 g/mol. The maximum absolute atomic E-state index is 12.1. The minimum Gasteiger partial charge on any atom is -0.494 e. The van der Waals surface area contributed by atoms with Gasteiger partial charge in [-0.25, -0.2) is 4.98 Å². The van der Waals surface area contributed by atoms with Gasteiger partial charge in [-0.2, -0.15) is 5.26 Å². The first-order valence-corrected chi connectivity index (χ1v) is 10.3. The zero-order valence-electron chi connectivity index (χ0n) is 16.3. The molecule has 2 amide bonds. The summed E-state index contributed by atoms with van der Waals surface area (Å²) in [6.07, 6.45) is 0.169. The van der Waals surface area contributed by atoms with Crippen LogP contribution in [0, 0.1) is 11.3 Å². The Balaban J connectivity index is 1.57. The molecule has 1 heterocycles. The lowest BCUT2D eigenvalue weighted by Crippen LogP contribution is -2.43. The Labute approximate surface area is 178 Å². The molecule has 0 radical (unpaired) electrons. The molecule has 0 bridgehead atoms. The summed E-state index contributed by atoms with van der Waals surface area (Å²) in [6.45, 7) is 2.45. The van der Waals surface area contributed by atoms with Gasteiger partial charge in [0.2, 0.25) is 11.8 Å². The molecule has 0 unspecified atom stereocenters. The number of benzene rings is 2. The molecule has 0 saturated heterocycles. The minimum absolute atomic E-state index is 0.00976. The second-order valence-electron chi connectivity index (χ2n) is 6.29. The Hall–Kier alpha value is -3.57. The molecule has 0 saturated carbocycles. The first-order chi connectivity index (χ1) is 14.6. The average Bonchev–Trinajstić information content (AvgIpc) is 2.76. The standard InChI is InChI=1S/C22H20N4O3S/c1-2-29-18-8-9-19-16(12-18)11-17(13-23)22(24-19)30-14-21(28)26-25-20(27)10-15-6-4-3-5-7-15/h3-9,11-12H,2,10,14H2,1H3,(H,25,27)(H,26,28). The second kappa shape index (κ2) is 10.3. The average molecular weight is 420 g/mol. The number of thioether (sulfide) groups is 1. The number of carbonyl (C=O) groups is 2. The van der Waals surface area contributed by atoms with Crippen LogP contribution in [-0.2, 0) is 16.0 Å². The highest BCUT2D eigenvalue weighted by atomic mass is 32.2. The predicted molar refractivity (Wildman–Crippen MR) is 115 cm³/mol. The number of nitrogens with zero attached hydrogens (tertiary/aromatic N) is 2. The maximum Gasteiger partial charge on any atom is 0.248 e. The van der Waals surface area contributed by atoms with E-state index in [4.69, 9.17) is 4.74 Å². The Bertz CT molecular complexity index is 1100. The molecule has 3 rings (SSSR count). The van der Waals surface area contributed by atoms with E-state index in [0.29, 0.717) is 28.5 Å². The Morgan fingerprint density at radius 3 is 2.60 bits per heavy atom. The fourth-order valence-corrected chi connectivity index (χ4v) is 3.48. The van der Waals surface area contributed by atoms with Gasteiger partial charge in [0.05, 0.1) is 29.9 Å². The van der Waals surface area contributed by atoms with E-state index in [1.54, 1.807) is 6.07 Å². The summed E-state index contributed by atoms with van der Waals surface area (Å²) in [5.41, 5.74) is 6.71. The highest BCUT2D eigenvalue weighted by molar-refractivity contribution is 8.00. The van der Waals surface area contributed by atoms with Crippen LogP contribution in [-0.4, -0.2) is 29.2 Å². The number of hydrogen-bond acceptors (Lipinski definition) is 6. The van der Waals surface area contributed by atoms with Gasteiger partial charge in [0, 0.05) is 5.39 Å². The van der Waals surface area contributed by atoms with Crippen molar-refractivity contribution >= 4 is 34.5 Å². The van der Waals surface area contributed by atoms with Crippen molar-refractivity contribution in [3.8, 4) is 11.8 Å². The van der Waals surface area contributed by atoms with Crippen LogP contribution in [0.25, 0.3) is 10.9 Å². The van der Waals surface area contributed by atoms with E-state index in [1.807, 2.05) is 55.5 Å². The zero-order valence-corrected chi connectivity index (χ0v) is 17.2. The Morgan fingerprint density at radius 2 is 1.87 bits per heavy atom. The highest BCUT2D eigenvalue weighted by Gasteiger charge is 2.12. The number of rotatable bonds is 7. The first-order valence-electron chi connectivity index (χ1n) is 9.31. The Kier molecular flexibility index (Phi) is 7.24. The molecule has 3 aromatic rings. The number of nitriles is 1. The van der Waals surface area contributed by atoms with Crippen molar-refractivity contribution in [1.29, 1.82) is 5.26 Å². The van der Waals surface area contributed by atoms with Crippen molar-refractivity contribution in [2.75, 3.05) is 12.4 Å². The number of ether oxygens (including phenoxy) is 1. The largest absolute Gasteiger partial charge is 0.494 e. The van der Waals surface area contributed by atoms with Crippen LogP contribution in [0.4, 0.5) is 0 Å². The third-order valence-corrected chi connectivity index (χ3v) is 5.06. The van der Waals surface area contributed by atoms with Gasteiger partial charge >= 0.3 is 0 Å². The molecular formula is C22H20N4O3S. The lowest BCUT2D eigenvalue weighted by atomic mass is 10.1. The molecule has 2 N–H and O–H groups in total. The van der Waals surface area contributed by atoms with E-state index in [9.17, 15) is 14.9 Å². The van der Waals surface area contributed by atoms with Crippen LogP contribution in [0.3, 0.4) is 0 Å². The van der Waals surface area contributed by atoms with Gasteiger partial charge in [-0.3, -0.25) is 20.4 Å². The maximum atomic E-state index is 12.1. The molecule has 0 aliphatic carbocycles. The van der Waals surface area contributed by atoms with E-state index in [1.165, 1.54) is 0 Å². The van der Waals surface area contributed by atoms with Crippen molar-refractivity contribution < 1.29 is 14.3 Å². The molecule has 0 atom stereocenters. The molecule has 8 heteroatoms. The van der Waals surface area contributed by atoms with Crippen LogP contribution < -0.4 is 15.6 Å². The van der Waals surface area contributed by atoms with Gasteiger partial charge in [-0.05, 0) is 36.8 Å². The van der Waals surface area contributed by atoms with Crippen molar-refractivity contribution in [2.24, 2.45) is 0 Å². The fraction of sp³-hybridized carbons (Fsp3) is 0.182. The topological polar surface area (TPSA) is 104 Å². The van der Waals surface area contributed by atoms with Crippen LogP contribution in [0.5, 0.6) is 5.75 Å². The third kappa shape index (κ3) is 5.72. The molecule has 152 valence electrons. The lowest BCUT2D eigenvalue weighted by Gasteiger charge is -2.09. The zero-order chi connectivity index (χ0) is 21.3. The third-order valence-electron chi connectivity index (χ3n) is 4.07. The molecule has 0 aliphatic rings. The number of hydrazine groups is 1. The molecule has 2 aromatic carbocycles. The van der Waals surface area contributed by atoms with E-state index >= 15 is 0 Å². The van der Waals surface area contributed by atoms with Gasteiger partial charge in [-0.1, -0.05) is 42.1 Å². The highest BCUT2D eigenvalue weighted by Crippen LogP contribution is 2.27. The summed E-state index contributed by atoms with van der Waals surface area (Å²) in [7, 11) is 0. The number of amides is 2. The molecule has 7 nitrogen and oxygen atoms in total. The van der Waals surface area contributed by atoms with E-state index in [0.717, 1.165) is 22.7 Å². The second-order valence-corrected chi connectivity index (χ2v) is 7.25. The number of hydrogen-bond donors (Lipinski definition) is 2. The molecule has 1 aromatic heterocycles. The quantitative estimate of drug-likeness (QED) is 0.450. The summed E-state index contributed by atoms with van der Waals surface area (Å²) in [4.78, 5) is 28.5. The van der Waals surface area contributed by atoms with Crippen molar-refractivity contribution in [2.45, 2.75) is 18.4 Å². The Morgan fingerprint density at radius 1 is 1.10 bits per heavy atom. The van der Waals surface area contributed by atoms with Crippen LogP contribution in [0.2, 0.25) is 0 Å². The number of carbonyl (C=O) groups excluding carboxylic acids is 2. The van der Waals surface area contributed by atoms with E-state index in [2.05, 4.69) is 21.9 Å². The van der Waals surface area contributed by atoms with E-state index < -0.39 is 0 Å². The lowest BCUT2D eigenvalue weighted by molar-refractivity contribution is -0.127. The summed E-state index contributed by atoms with van der Waals surface area (Å²) < 4.78 is 5.48. The van der Waals surface area contributed by atoms with Crippen LogP contribution >= 0.6 is 11.8 Å². The van der Waals surface area contributed by atoms with Gasteiger partial charge in [-0.15, -0.1) is 0 Å². The fourth-order valence-electron chi connectivity index (χ4n) is 2.72. The van der Waals surface area contributed by atoms with Crippen molar-refractivity contribution in [1.82, 2.24) is 15.8 Å². The van der Waals surface area contributed by atoms with Gasteiger partial charge in [0.15, 0.2) is 0 Å². The van der Waals surface area contributed by atoms with Gasteiger partial charge in [0.1, 0.15) is 16.8 Å². The summed E-state index contributed by atoms with van der Waals surface area (Å²) in [6, 6.07) is 18.5. The molecular weight excluding hydrogens is 400 g/mol. The predicted octanol–water partition coefficient (Wildman–Crippen LogP) is 2.99. The molecule has 0 aliphatic heterocycles. The number of pyridine rings is 1. The number of fused-ring (bicyclic) bond motifs is 1. The summed E-state index contributed by atoms with van der Waals surface area (Å²) in [5.74, 6) is 0.0161. The van der Waals surface area contributed by atoms with Gasteiger partial charge in [0.25, 0.3) is 0 Å². The summed E-state index contributed by atoms with van der Waals surface area (Å²) >= 11 is 1.14. The summed E-state index contributed by atoms with van der Waals surface area (Å²) in [5, 5.41) is 10.7. The smallest absolute Gasteiger partial charge is 0.248 e. The molecule has 0 fully saturated rings. The van der Waals surface area contributed by atoms with Crippen LogP contribution in [0.1, 0.15) is 18.1 Å². The van der Waals surface area contributed by atoms with Crippen LogP contribution in [0.15, 0.2) is 59.6 Å².